The summed E-state index contributed by atoms with van der Waals surface area (Å²) < 4.78 is 29.6. The summed E-state index contributed by atoms with van der Waals surface area (Å²) in [4.78, 5) is 29.7. The summed E-state index contributed by atoms with van der Waals surface area (Å²) in [5, 5.41) is 11.2. The molecule has 0 bridgehead atoms. The Kier molecular flexibility index (Phi) is 9.06. The van der Waals surface area contributed by atoms with Crippen LogP contribution in [0.25, 0.3) is 6.08 Å². The smallest absolute Gasteiger partial charge is 0.344 e. The van der Waals surface area contributed by atoms with E-state index in [-0.39, 0.29) is 51.1 Å². The van der Waals surface area contributed by atoms with Crippen LogP contribution in [0.4, 0.5) is 4.39 Å². The lowest BCUT2D eigenvalue weighted by atomic mass is 10.1. The number of aliphatic imine (C=N–C) groups is 1. The minimum absolute atomic E-state index is 0.0170. The van der Waals surface area contributed by atoms with Crippen LogP contribution in [-0.4, -0.2) is 35.7 Å². The topological polar surface area (TPSA) is 94.4 Å². The van der Waals surface area contributed by atoms with Gasteiger partial charge in [-0.05, 0) is 60.5 Å². The first kappa shape index (κ1) is 27.9. The van der Waals surface area contributed by atoms with Gasteiger partial charge in [-0.25, -0.2) is 14.2 Å². The molecule has 0 radical (unpaired) electrons. The molecule has 7 nitrogen and oxygen atoms in total. The molecule has 1 N–H and O–H groups in total. The molecule has 4 rings (SSSR count). The quantitative estimate of drug-likeness (QED) is 0.300. The van der Waals surface area contributed by atoms with Gasteiger partial charge in [0.25, 0.3) is 5.91 Å². The molecule has 0 saturated heterocycles. The Hall–Kier alpha value is -4.08. The summed E-state index contributed by atoms with van der Waals surface area (Å²) in [7, 11) is 1.45. The highest BCUT2D eigenvalue weighted by Crippen LogP contribution is 2.42. The van der Waals surface area contributed by atoms with Gasteiger partial charge in [-0.3, -0.25) is 4.79 Å². The predicted molar refractivity (Wildman–Crippen MR) is 149 cm³/mol. The Morgan fingerprint density at radius 1 is 1.10 bits per heavy atom. The molecule has 1 heterocycles. The molecule has 0 fully saturated rings. The van der Waals surface area contributed by atoms with E-state index < -0.39 is 11.9 Å². The Bertz CT molecular complexity index is 1490. The van der Waals surface area contributed by atoms with Crippen LogP contribution < -0.4 is 9.47 Å². The highest BCUT2D eigenvalue weighted by Gasteiger charge is 2.34. The molecule has 0 aliphatic carbocycles. The molecule has 0 spiro atoms. The molecule has 1 aliphatic rings. The van der Waals surface area contributed by atoms with Gasteiger partial charge in [-0.2, -0.15) is 0 Å². The Labute approximate surface area is 233 Å². The highest BCUT2D eigenvalue weighted by atomic mass is 35.5. The number of benzene rings is 3. The van der Waals surface area contributed by atoms with E-state index in [1.54, 1.807) is 67.6 Å². The molecule has 3 aromatic carbocycles. The van der Waals surface area contributed by atoms with Crippen molar-refractivity contribution in [3.63, 3.8) is 0 Å². The van der Waals surface area contributed by atoms with Crippen LogP contribution in [0.2, 0.25) is 5.02 Å². The van der Waals surface area contributed by atoms with Crippen molar-refractivity contribution in [3.8, 4) is 11.5 Å². The maximum atomic E-state index is 13.2. The van der Waals surface area contributed by atoms with Gasteiger partial charge in [-0.1, -0.05) is 53.7 Å². The Morgan fingerprint density at radius 3 is 2.49 bits per heavy atom. The lowest BCUT2D eigenvalue weighted by Crippen LogP contribution is -2.14. The van der Waals surface area contributed by atoms with Gasteiger partial charge in [0.15, 0.2) is 11.5 Å². The summed E-state index contributed by atoms with van der Waals surface area (Å²) in [6, 6.07) is 17.5. The molecular weight excluding hydrogens is 545 g/mol. The number of methoxy groups -OCH3 is 1. The standard InChI is InChI=1S/C29H23ClFNO6S/c1-3-37-29(35)24-25(33)23(39-28(24)32-27(34)19-7-5-4-6-8-19)15-18-13-21(30)26(22(14-18)36-2)38-16-17-9-11-20(31)12-10-17/h4-15,33H,3,16H2,1-2H3/b23-15-,32-28?. The van der Waals surface area contributed by atoms with E-state index in [4.69, 9.17) is 25.8 Å². The molecule has 0 aromatic heterocycles. The van der Waals surface area contributed by atoms with Crippen molar-refractivity contribution in [2.24, 2.45) is 4.99 Å². The fraction of sp³-hybridized carbons (Fsp3) is 0.138. The van der Waals surface area contributed by atoms with Crippen LogP contribution in [0.3, 0.4) is 0 Å². The minimum Gasteiger partial charge on any atom is -0.506 e. The third-order valence-electron chi connectivity index (χ3n) is 5.44. The number of halogens is 2. The summed E-state index contributed by atoms with van der Waals surface area (Å²) >= 11 is 7.44. The molecular formula is C29H23ClFNO6S. The number of amides is 1. The molecule has 39 heavy (non-hydrogen) atoms. The first-order chi connectivity index (χ1) is 18.8. The number of rotatable bonds is 8. The summed E-state index contributed by atoms with van der Waals surface area (Å²) in [5.41, 5.74) is 1.40. The van der Waals surface area contributed by atoms with E-state index in [0.717, 1.165) is 17.3 Å². The molecule has 0 unspecified atom stereocenters. The van der Waals surface area contributed by atoms with Crippen LogP contribution in [-0.2, 0) is 16.1 Å². The summed E-state index contributed by atoms with van der Waals surface area (Å²) in [5.74, 6) is -1.48. The number of carbonyl (C=O) groups is 2. The fourth-order valence-electron chi connectivity index (χ4n) is 3.58. The minimum atomic E-state index is -0.800. The number of hydrogen-bond donors (Lipinski definition) is 1. The molecule has 200 valence electrons. The summed E-state index contributed by atoms with van der Waals surface area (Å²) in [6.07, 6.45) is 1.58. The maximum Gasteiger partial charge on any atom is 0.344 e. The van der Waals surface area contributed by atoms with E-state index in [1.807, 2.05) is 0 Å². The van der Waals surface area contributed by atoms with Crippen molar-refractivity contribution in [2.45, 2.75) is 13.5 Å². The summed E-state index contributed by atoms with van der Waals surface area (Å²) in [6.45, 7) is 1.84. The average molecular weight is 568 g/mol. The average Bonchev–Trinajstić information content (AvgIpc) is 3.23. The zero-order chi connectivity index (χ0) is 27.9. The number of carbonyl (C=O) groups excluding carboxylic acids is 2. The Balaban J connectivity index is 1.65. The van der Waals surface area contributed by atoms with Crippen molar-refractivity contribution in [1.29, 1.82) is 0 Å². The van der Waals surface area contributed by atoms with E-state index in [9.17, 15) is 19.1 Å². The number of hydrogen-bond acceptors (Lipinski definition) is 7. The van der Waals surface area contributed by atoms with E-state index >= 15 is 0 Å². The van der Waals surface area contributed by atoms with Crippen molar-refractivity contribution in [2.75, 3.05) is 13.7 Å². The highest BCUT2D eigenvalue weighted by molar-refractivity contribution is 8.18. The molecule has 10 heteroatoms. The SMILES string of the molecule is CCOC(=O)C1=C(O)/C(=C/c2cc(Cl)c(OCc3ccc(F)cc3)c(OC)c2)SC1=NC(=O)c1ccccc1. The molecule has 0 saturated carbocycles. The molecule has 3 aromatic rings. The third-order valence-corrected chi connectivity index (χ3v) is 6.74. The van der Waals surface area contributed by atoms with Crippen molar-refractivity contribution < 1.29 is 33.3 Å². The van der Waals surface area contributed by atoms with Crippen LogP contribution >= 0.6 is 23.4 Å². The molecule has 0 atom stereocenters. The normalized spacial score (nSPS) is 15.1. The zero-order valence-corrected chi connectivity index (χ0v) is 22.5. The maximum absolute atomic E-state index is 13.2. The number of thioether (sulfide) groups is 1. The van der Waals surface area contributed by atoms with Crippen molar-refractivity contribution in [1.82, 2.24) is 0 Å². The van der Waals surface area contributed by atoms with Crippen LogP contribution in [0.15, 0.2) is 88.0 Å². The second-order valence-electron chi connectivity index (χ2n) is 8.09. The van der Waals surface area contributed by atoms with Crippen molar-refractivity contribution >= 4 is 46.4 Å². The van der Waals surface area contributed by atoms with Crippen LogP contribution in [0, 0.1) is 5.82 Å². The zero-order valence-electron chi connectivity index (χ0n) is 20.9. The van der Waals surface area contributed by atoms with Gasteiger partial charge >= 0.3 is 5.97 Å². The first-order valence-corrected chi connectivity index (χ1v) is 12.9. The third kappa shape index (κ3) is 6.68. The van der Waals surface area contributed by atoms with Gasteiger partial charge in [-0.15, -0.1) is 0 Å². The fourth-order valence-corrected chi connectivity index (χ4v) is 4.87. The second kappa shape index (κ2) is 12.6. The van der Waals surface area contributed by atoms with E-state index in [2.05, 4.69) is 4.99 Å². The van der Waals surface area contributed by atoms with E-state index in [1.165, 1.54) is 19.2 Å². The van der Waals surface area contributed by atoms with Gasteiger partial charge in [0.1, 0.15) is 28.8 Å². The van der Waals surface area contributed by atoms with Gasteiger partial charge in [0, 0.05) is 5.56 Å². The van der Waals surface area contributed by atoms with Gasteiger partial charge in [0.05, 0.1) is 23.6 Å². The lowest BCUT2D eigenvalue weighted by molar-refractivity contribution is -0.138. The second-order valence-corrected chi connectivity index (χ2v) is 9.53. The number of nitrogens with zero attached hydrogens (tertiary/aromatic N) is 1. The number of aliphatic hydroxyl groups excluding tert-OH is 1. The predicted octanol–water partition coefficient (Wildman–Crippen LogP) is 6.77. The number of ether oxygens (including phenoxy) is 3. The first-order valence-electron chi connectivity index (χ1n) is 11.7. The van der Waals surface area contributed by atoms with E-state index in [0.29, 0.717) is 16.9 Å². The Morgan fingerprint density at radius 2 is 1.82 bits per heavy atom. The number of esters is 1. The molecule has 1 aliphatic heterocycles. The lowest BCUT2D eigenvalue weighted by Gasteiger charge is -2.13. The molecule has 1 amide bonds. The van der Waals surface area contributed by atoms with Gasteiger partial charge < -0.3 is 19.3 Å². The monoisotopic (exact) mass is 567 g/mol. The van der Waals surface area contributed by atoms with Crippen LogP contribution in [0.5, 0.6) is 11.5 Å². The largest absolute Gasteiger partial charge is 0.506 e. The number of aliphatic hydroxyl groups is 1. The van der Waals surface area contributed by atoms with Crippen molar-refractivity contribution in [3.05, 3.63) is 110 Å². The van der Waals surface area contributed by atoms with Crippen LogP contribution in [0.1, 0.15) is 28.4 Å². The van der Waals surface area contributed by atoms with Gasteiger partial charge in [0.2, 0.25) is 0 Å².